The quantitative estimate of drug-likeness (QED) is 0.373. The predicted octanol–water partition coefficient (Wildman–Crippen LogP) is 1.61. The van der Waals surface area contributed by atoms with Gasteiger partial charge in [0.15, 0.2) is 11.5 Å². The van der Waals surface area contributed by atoms with Crippen LogP contribution in [0.1, 0.15) is 22.0 Å². The standard InChI is InChI=1S/C15H12N2O6/c18-9-5-7(15(22)23)10(13(20)12(9)19)17-11-6-3-1-2-4-8(6)16-14(11)21/h1-5,11,17-20H,(H,16,21)(H,22,23). The third kappa shape index (κ3) is 2.26. The number of hydrogen-bond donors (Lipinski definition) is 6. The summed E-state index contributed by atoms with van der Waals surface area (Å²) >= 11 is 0. The first kappa shape index (κ1) is 14.5. The number of hydrogen-bond acceptors (Lipinski definition) is 6. The van der Waals surface area contributed by atoms with Gasteiger partial charge in [0, 0.05) is 17.3 Å². The highest BCUT2D eigenvalue weighted by Crippen LogP contribution is 2.45. The molecule has 6 N–H and O–H groups in total. The number of carboxylic acid groups (broad SMARTS) is 1. The Labute approximate surface area is 129 Å². The molecule has 2 aromatic carbocycles. The van der Waals surface area contributed by atoms with Crippen LogP contribution >= 0.6 is 0 Å². The molecule has 0 aliphatic carbocycles. The number of fused-ring (bicyclic) bond motifs is 1. The number of para-hydroxylation sites is 1. The molecule has 0 saturated carbocycles. The second kappa shape index (κ2) is 5.09. The van der Waals surface area contributed by atoms with E-state index < -0.39 is 40.7 Å². The SMILES string of the molecule is O=C(O)c1cc(O)c(O)c(O)c1NC1C(=O)Nc2ccccc21. The van der Waals surface area contributed by atoms with Crippen molar-refractivity contribution in [1.29, 1.82) is 0 Å². The van der Waals surface area contributed by atoms with Crippen molar-refractivity contribution >= 4 is 23.3 Å². The lowest BCUT2D eigenvalue weighted by atomic mass is 10.1. The molecule has 0 radical (unpaired) electrons. The zero-order valence-electron chi connectivity index (χ0n) is 11.6. The molecule has 118 valence electrons. The van der Waals surface area contributed by atoms with Crippen LogP contribution in [-0.2, 0) is 4.79 Å². The molecular formula is C15H12N2O6. The van der Waals surface area contributed by atoms with Crippen LogP contribution in [0.2, 0.25) is 0 Å². The Kier molecular flexibility index (Phi) is 3.21. The third-order valence-corrected chi connectivity index (χ3v) is 3.57. The largest absolute Gasteiger partial charge is 0.504 e. The van der Waals surface area contributed by atoms with Crippen LogP contribution in [0, 0.1) is 0 Å². The van der Waals surface area contributed by atoms with Crippen molar-refractivity contribution in [2.75, 3.05) is 10.6 Å². The number of aromatic hydroxyl groups is 3. The number of aromatic carboxylic acids is 1. The number of carbonyl (C=O) groups is 2. The number of nitrogens with one attached hydrogen (secondary N) is 2. The zero-order chi connectivity index (χ0) is 16.7. The van der Waals surface area contributed by atoms with Crippen LogP contribution in [0.15, 0.2) is 30.3 Å². The van der Waals surface area contributed by atoms with E-state index in [0.717, 1.165) is 6.07 Å². The summed E-state index contributed by atoms with van der Waals surface area (Å²) in [6, 6.07) is 6.63. The number of benzene rings is 2. The molecule has 1 amide bonds. The van der Waals surface area contributed by atoms with Gasteiger partial charge in [-0.3, -0.25) is 4.79 Å². The monoisotopic (exact) mass is 316 g/mol. The number of phenols is 3. The van der Waals surface area contributed by atoms with E-state index in [2.05, 4.69) is 10.6 Å². The van der Waals surface area contributed by atoms with Crippen molar-refractivity contribution in [2.45, 2.75) is 6.04 Å². The topological polar surface area (TPSA) is 139 Å². The summed E-state index contributed by atoms with van der Waals surface area (Å²) in [5.41, 5.74) is 0.301. The first-order valence-electron chi connectivity index (χ1n) is 6.57. The van der Waals surface area contributed by atoms with Crippen molar-refractivity contribution < 1.29 is 30.0 Å². The van der Waals surface area contributed by atoms with Gasteiger partial charge in [0.25, 0.3) is 5.91 Å². The maximum atomic E-state index is 12.1. The highest BCUT2D eigenvalue weighted by atomic mass is 16.4. The lowest BCUT2D eigenvalue weighted by Gasteiger charge is -2.17. The molecule has 1 heterocycles. The van der Waals surface area contributed by atoms with Gasteiger partial charge < -0.3 is 31.1 Å². The number of anilines is 2. The molecule has 8 nitrogen and oxygen atoms in total. The molecule has 1 unspecified atom stereocenters. The second-order valence-electron chi connectivity index (χ2n) is 4.97. The lowest BCUT2D eigenvalue weighted by molar-refractivity contribution is -0.116. The molecule has 0 saturated heterocycles. The fraction of sp³-hybridized carbons (Fsp3) is 0.0667. The van der Waals surface area contributed by atoms with Gasteiger partial charge in [0.2, 0.25) is 5.75 Å². The molecule has 1 aliphatic rings. The molecule has 23 heavy (non-hydrogen) atoms. The Bertz CT molecular complexity index is 833. The maximum absolute atomic E-state index is 12.1. The van der Waals surface area contributed by atoms with Crippen molar-refractivity contribution in [2.24, 2.45) is 0 Å². The molecule has 0 spiro atoms. The lowest BCUT2D eigenvalue weighted by Crippen LogP contribution is -2.21. The van der Waals surface area contributed by atoms with E-state index in [9.17, 15) is 30.0 Å². The Morgan fingerprint density at radius 3 is 2.52 bits per heavy atom. The van der Waals surface area contributed by atoms with Crippen molar-refractivity contribution in [3.8, 4) is 17.2 Å². The zero-order valence-corrected chi connectivity index (χ0v) is 11.6. The normalized spacial score (nSPS) is 15.8. The molecule has 0 aromatic heterocycles. The van der Waals surface area contributed by atoms with Crippen LogP contribution in [0.3, 0.4) is 0 Å². The summed E-state index contributed by atoms with van der Waals surface area (Å²) in [4.78, 5) is 23.4. The average molecular weight is 316 g/mol. The van der Waals surface area contributed by atoms with Gasteiger partial charge in [0.05, 0.1) is 11.3 Å². The van der Waals surface area contributed by atoms with Gasteiger partial charge in [0.1, 0.15) is 6.04 Å². The molecule has 2 aromatic rings. The number of rotatable bonds is 3. The molecule has 0 bridgehead atoms. The average Bonchev–Trinajstić information content (AvgIpc) is 2.83. The Balaban J connectivity index is 2.09. The molecule has 0 fully saturated rings. The number of carbonyl (C=O) groups excluding carboxylic acids is 1. The smallest absolute Gasteiger partial charge is 0.338 e. The van der Waals surface area contributed by atoms with E-state index in [-0.39, 0.29) is 5.69 Å². The summed E-state index contributed by atoms with van der Waals surface area (Å²) in [5, 5.41) is 43.4. The van der Waals surface area contributed by atoms with E-state index in [1.807, 2.05) is 0 Å². The highest BCUT2D eigenvalue weighted by Gasteiger charge is 2.33. The highest BCUT2D eigenvalue weighted by molar-refractivity contribution is 6.06. The minimum atomic E-state index is -1.44. The second-order valence-corrected chi connectivity index (χ2v) is 4.97. The number of carboxylic acids is 1. The molecule has 8 heteroatoms. The fourth-order valence-corrected chi connectivity index (χ4v) is 2.46. The maximum Gasteiger partial charge on any atom is 0.338 e. The Morgan fingerprint density at radius 1 is 1.13 bits per heavy atom. The third-order valence-electron chi connectivity index (χ3n) is 3.57. The van der Waals surface area contributed by atoms with Crippen molar-refractivity contribution in [1.82, 2.24) is 0 Å². The van der Waals surface area contributed by atoms with Gasteiger partial charge in [-0.05, 0) is 6.07 Å². The van der Waals surface area contributed by atoms with Gasteiger partial charge in [-0.1, -0.05) is 18.2 Å². The molecule has 1 atom stereocenters. The van der Waals surface area contributed by atoms with E-state index in [1.165, 1.54) is 0 Å². The first-order valence-corrected chi connectivity index (χ1v) is 6.57. The van der Waals surface area contributed by atoms with Crippen LogP contribution in [0.4, 0.5) is 11.4 Å². The summed E-state index contributed by atoms with van der Waals surface area (Å²) in [7, 11) is 0. The van der Waals surface area contributed by atoms with Crippen LogP contribution in [-0.4, -0.2) is 32.3 Å². The molecule has 1 aliphatic heterocycles. The van der Waals surface area contributed by atoms with Gasteiger partial charge >= 0.3 is 5.97 Å². The van der Waals surface area contributed by atoms with E-state index >= 15 is 0 Å². The summed E-state index contributed by atoms with van der Waals surface area (Å²) < 4.78 is 0. The van der Waals surface area contributed by atoms with E-state index in [0.29, 0.717) is 11.3 Å². The van der Waals surface area contributed by atoms with Crippen molar-refractivity contribution in [3.05, 3.63) is 41.5 Å². The number of phenolic OH excluding ortho intramolecular Hbond substituents is 3. The van der Waals surface area contributed by atoms with Gasteiger partial charge in [-0.2, -0.15) is 0 Å². The van der Waals surface area contributed by atoms with E-state index in [4.69, 9.17) is 0 Å². The summed E-state index contributed by atoms with van der Waals surface area (Å²) in [6.45, 7) is 0. The number of amides is 1. The van der Waals surface area contributed by atoms with E-state index in [1.54, 1.807) is 24.3 Å². The molecular weight excluding hydrogens is 304 g/mol. The van der Waals surface area contributed by atoms with Gasteiger partial charge in [-0.15, -0.1) is 0 Å². The van der Waals surface area contributed by atoms with Crippen LogP contribution in [0.25, 0.3) is 0 Å². The summed E-state index contributed by atoms with van der Waals surface area (Å²) in [6.07, 6.45) is 0. The minimum Gasteiger partial charge on any atom is -0.504 e. The Morgan fingerprint density at radius 2 is 1.83 bits per heavy atom. The first-order chi connectivity index (χ1) is 10.9. The fourth-order valence-electron chi connectivity index (χ4n) is 2.46. The minimum absolute atomic E-state index is 0.357. The van der Waals surface area contributed by atoms with Crippen LogP contribution in [0.5, 0.6) is 17.2 Å². The van der Waals surface area contributed by atoms with Gasteiger partial charge in [-0.25, -0.2) is 4.79 Å². The molecule has 3 rings (SSSR count). The summed E-state index contributed by atoms with van der Waals surface area (Å²) in [5.74, 6) is -4.37. The Hall–Kier alpha value is -3.42. The van der Waals surface area contributed by atoms with Crippen LogP contribution < -0.4 is 10.6 Å². The predicted molar refractivity (Wildman–Crippen MR) is 79.8 cm³/mol. The van der Waals surface area contributed by atoms with Crippen molar-refractivity contribution in [3.63, 3.8) is 0 Å².